The van der Waals surface area contributed by atoms with Gasteiger partial charge in [0.1, 0.15) is 11.1 Å². The number of carboxylic acids is 1. The van der Waals surface area contributed by atoms with E-state index in [0.29, 0.717) is 25.9 Å². The smallest absolute Gasteiger partial charge is 0.303 e. The fourth-order valence-electron chi connectivity index (χ4n) is 3.52. The quantitative estimate of drug-likeness (QED) is 0.754. The highest BCUT2D eigenvalue weighted by molar-refractivity contribution is 5.87. The van der Waals surface area contributed by atoms with E-state index in [-0.39, 0.29) is 25.3 Å². The minimum Gasteiger partial charge on any atom is -0.481 e. The SMILES string of the molecule is CN(C[C@@]1(O)CCN(c2ccnc3cccnc23)C1)C(=O)CCCC(=O)O. The van der Waals surface area contributed by atoms with E-state index in [2.05, 4.69) is 14.9 Å². The molecule has 1 saturated heterocycles. The number of hydrogen-bond acceptors (Lipinski definition) is 6. The van der Waals surface area contributed by atoms with E-state index in [1.54, 1.807) is 19.4 Å². The molecule has 1 atom stereocenters. The van der Waals surface area contributed by atoms with Crippen molar-refractivity contribution in [2.75, 3.05) is 31.6 Å². The number of aromatic nitrogens is 2. The van der Waals surface area contributed by atoms with Crippen LogP contribution in [0.3, 0.4) is 0 Å². The predicted octanol–water partition coefficient (Wildman–Crippen LogP) is 1.28. The number of rotatable bonds is 7. The Morgan fingerprint density at radius 3 is 2.85 bits per heavy atom. The number of hydrogen-bond donors (Lipinski definition) is 2. The molecule has 3 rings (SSSR count). The van der Waals surface area contributed by atoms with Crippen molar-refractivity contribution in [3.63, 3.8) is 0 Å². The van der Waals surface area contributed by atoms with Gasteiger partial charge in [0.05, 0.1) is 17.7 Å². The fourth-order valence-corrected chi connectivity index (χ4v) is 3.52. The first-order valence-corrected chi connectivity index (χ1v) is 9.01. The summed E-state index contributed by atoms with van der Waals surface area (Å²) in [5.74, 6) is -1.06. The van der Waals surface area contributed by atoms with Crippen LogP contribution in [-0.4, -0.2) is 69.2 Å². The number of aliphatic hydroxyl groups is 1. The zero-order valence-corrected chi connectivity index (χ0v) is 15.3. The largest absolute Gasteiger partial charge is 0.481 e. The molecule has 0 radical (unpaired) electrons. The molecule has 2 aromatic rings. The number of β-amino-alcohol motifs (C(OH)–C–C–N with tert-alkyl or cyclic N) is 1. The molecule has 0 unspecified atom stereocenters. The van der Waals surface area contributed by atoms with Gasteiger partial charge < -0.3 is 20.0 Å². The third-order valence-corrected chi connectivity index (χ3v) is 4.89. The third-order valence-electron chi connectivity index (χ3n) is 4.89. The van der Waals surface area contributed by atoms with Crippen molar-refractivity contribution in [1.82, 2.24) is 14.9 Å². The van der Waals surface area contributed by atoms with Gasteiger partial charge in [-0.05, 0) is 31.0 Å². The first kappa shape index (κ1) is 19.0. The summed E-state index contributed by atoms with van der Waals surface area (Å²) in [5, 5.41) is 19.6. The lowest BCUT2D eigenvalue weighted by atomic mass is 10.0. The van der Waals surface area contributed by atoms with Crippen molar-refractivity contribution >= 4 is 28.6 Å². The molecule has 8 nitrogen and oxygen atoms in total. The second-order valence-corrected chi connectivity index (χ2v) is 7.09. The molecular weight excluding hydrogens is 348 g/mol. The highest BCUT2D eigenvalue weighted by Crippen LogP contribution is 2.31. The second-order valence-electron chi connectivity index (χ2n) is 7.09. The molecule has 27 heavy (non-hydrogen) atoms. The lowest BCUT2D eigenvalue weighted by molar-refractivity contribution is -0.137. The van der Waals surface area contributed by atoms with Crippen LogP contribution < -0.4 is 4.90 Å². The molecule has 144 valence electrons. The predicted molar refractivity (Wildman–Crippen MR) is 100 cm³/mol. The maximum atomic E-state index is 12.2. The second kappa shape index (κ2) is 7.87. The average Bonchev–Trinajstić information content (AvgIpc) is 3.02. The van der Waals surface area contributed by atoms with E-state index in [4.69, 9.17) is 5.11 Å². The molecule has 2 aromatic heterocycles. The van der Waals surface area contributed by atoms with Crippen LogP contribution in [0.5, 0.6) is 0 Å². The summed E-state index contributed by atoms with van der Waals surface area (Å²) >= 11 is 0. The zero-order chi connectivity index (χ0) is 19.4. The first-order chi connectivity index (χ1) is 12.9. The summed E-state index contributed by atoms with van der Waals surface area (Å²) in [6.07, 6.45) is 4.43. The van der Waals surface area contributed by atoms with E-state index in [1.165, 1.54) is 4.90 Å². The van der Waals surface area contributed by atoms with Gasteiger partial charge in [-0.25, -0.2) is 0 Å². The van der Waals surface area contributed by atoms with Crippen LogP contribution in [0.4, 0.5) is 5.69 Å². The van der Waals surface area contributed by atoms with Crippen LogP contribution in [0.2, 0.25) is 0 Å². The van der Waals surface area contributed by atoms with Crippen molar-refractivity contribution in [3.8, 4) is 0 Å². The Bertz CT molecular complexity index is 838. The molecule has 1 aliphatic rings. The van der Waals surface area contributed by atoms with E-state index in [9.17, 15) is 14.7 Å². The summed E-state index contributed by atoms with van der Waals surface area (Å²) in [6, 6.07) is 5.63. The summed E-state index contributed by atoms with van der Waals surface area (Å²) < 4.78 is 0. The molecule has 1 aliphatic heterocycles. The van der Waals surface area contributed by atoms with Crippen molar-refractivity contribution in [2.45, 2.75) is 31.3 Å². The molecule has 0 saturated carbocycles. The van der Waals surface area contributed by atoms with Crippen LogP contribution in [0.25, 0.3) is 11.0 Å². The van der Waals surface area contributed by atoms with Crippen LogP contribution >= 0.6 is 0 Å². The molecule has 0 aliphatic carbocycles. The van der Waals surface area contributed by atoms with Crippen molar-refractivity contribution in [3.05, 3.63) is 30.6 Å². The van der Waals surface area contributed by atoms with Gasteiger partial charge in [0, 0.05) is 45.4 Å². The van der Waals surface area contributed by atoms with Gasteiger partial charge >= 0.3 is 5.97 Å². The number of carbonyl (C=O) groups is 2. The number of carboxylic acid groups (broad SMARTS) is 1. The number of pyridine rings is 2. The van der Waals surface area contributed by atoms with Gasteiger partial charge in [-0.2, -0.15) is 0 Å². The Hall–Kier alpha value is -2.74. The summed E-state index contributed by atoms with van der Waals surface area (Å²) in [4.78, 5) is 35.0. The number of likely N-dealkylation sites (N-methyl/N-ethyl adjacent to an activating group) is 1. The highest BCUT2D eigenvalue weighted by atomic mass is 16.4. The first-order valence-electron chi connectivity index (χ1n) is 9.01. The Labute approximate surface area is 157 Å². The van der Waals surface area contributed by atoms with E-state index in [0.717, 1.165) is 16.7 Å². The van der Waals surface area contributed by atoms with Gasteiger partial charge in [0.2, 0.25) is 5.91 Å². The molecule has 3 heterocycles. The van der Waals surface area contributed by atoms with E-state index < -0.39 is 11.6 Å². The van der Waals surface area contributed by atoms with Crippen molar-refractivity contribution < 1.29 is 19.8 Å². The molecule has 0 bridgehead atoms. The zero-order valence-electron chi connectivity index (χ0n) is 15.3. The maximum absolute atomic E-state index is 12.2. The molecule has 0 aromatic carbocycles. The molecule has 1 amide bonds. The third kappa shape index (κ3) is 4.51. The van der Waals surface area contributed by atoms with Crippen LogP contribution in [-0.2, 0) is 9.59 Å². The van der Waals surface area contributed by atoms with E-state index >= 15 is 0 Å². The molecule has 2 N–H and O–H groups in total. The number of nitrogens with zero attached hydrogens (tertiary/aromatic N) is 4. The Kier molecular flexibility index (Phi) is 5.55. The normalized spacial score (nSPS) is 19.4. The van der Waals surface area contributed by atoms with Gasteiger partial charge in [0.15, 0.2) is 0 Å². The van der Waals surface area contributed by atoms with Gasteiger partial charge in [-0.15, -0.1) is 0 Å². The van der Waals surface area contributed by atoms with Crippen molar-refractivity contribution in [2.24, 2.45) is 0 Å². The summed E-state index contributed by atoms with van der Waals surface area (Å²) in [7, 11) is 1.65. The number of anilines is 1. The number of carbonyl (C=O) groups excluding carboxylic acids is 1. The monoisotopic (exact) mass is 372 g/mol. The number of amides is 1. The van der Waals surface area contributed by atoms with Crippen LogP contribution in [0.15, 0.2) is 30.6 Å². The molecular formula is C19H24N4O4. The number of fused-ring (bicyclic) bond motifs is 1. The lowest BCUT2D eigenvalue weighted by Crippen LogP contribution is -2.45. The van der Waals surface area contributed by atoms with Gasteiger partial charge in [0.25, 0.3) is 0 Å². The minimum atomic E-state index is -1.01. The summed E-state index contributed by atoms with van der Waals surface area (Å²) in [5.41, 5.74) is 1.51. The molecule has 1 fully saturated rings. The summed E-state index contributed by atoms with van der Waals surface area (Å²) in [6.45, 7) is 1.27. The maximum Gasteiger partial charge on any atom is 0.303 e. The molecule has 0 spiro atoms. The van der Waals surface area contributed by atoms with E-state index in [1.807, 2.05) is 18.2 Å². The molecule has 8 heteroatoms. The Morgan fingerprint density at radius 1 is 1.26 bits per heavy atom. The van der Waals surface area contributed by atoms with Crippen molar-refractivity contribution in [1.29, 1.82) is 0 Å². The standard InChI is InChI=1S/C19H24N4O4/c1-22(16(24)5-2-6-17(25)26)12-19(27)8-11-23(13-19)15-7-10-20-14-4-3-9-21-18(14)15/h3-4,7,9-10,27H,2,5-6,8,11-13H2,1H3,(H,25,26)/t19-/m0/s1. The fraction of sp³-hybridized carbons (Fsp3) is 0.474. The van der Waals surface area contributed by atoms with Crippen LogP contribution in [0, 0.1) is 0 Å². The Morgan fingerprint density at radius 2 is 2.07 bits per heavy atom. The lowest BCUT2D eigenvalue weighted by Gasteiger charge is -2.29. The number of aliphatic carboxylic acids is 1. The minimum absolute atomic E-state index is 0.0280. The highest BCUT2D eigenvalue weighted by Gasteiger charge is 2.38. The van der Waals surface area contributed by atoms with Gasteiger partial charge in [-0.1, -0.05) is 0 Å². The Balaban J connectivity index is 1.63. The van der Waals surface area contributed by atoms with Crippen LogP contribution in [0.1, 0.15) is 25.7 Å². The topological polar surface area (TPSA) is 107 Å². The van der Waals surface area contributed by atoms with Gasteiger partial charge in [-0.3, -0.25) is 19.6 Å². The average molecular weight is 372 g/mol.